The van der Waals surface area contributed by atoms with E-state index < -0.39 is 5.25 Å². The first kappa shape index (κ1) is 21.3. The van der Waals surface area contributed by atoms with E-state index >= 15 is 0 Å². The van der Waals surface area contributed by atoms with Gasteiger partial charge >= 0.3 is 0 Å². The van der Waals surface area contributed by atoms with Crippen LogP contribution in [0.1, 0.15) is 34.7 Å². The molecule has 1 saturated heterocycles. The van der Waals surface area contributed by atoms with Gasteiger partial charge in [0, 0.05) is 39.1 Å². The lowest BCUT2D eigenvalue weighted by Crippen LogP contribution is -2.50. The summed E-state index contributed by atoms with van der Waals surface area (Å²) in [6.07, 6.45) is 0.690. The SMILES string of the molecule is CCc1nc2n(n1)C(=O)C(C(c1cccc(F)c1)N1CCN(Cc3ccccc3)CC1)S2. The Kier molecular flexibility index (Phi) is 6.08. The predicted molar refractivity (Wildman–Crippen MR) is 122 cm³/mol. The Balaban J connectivity index is 1.36. The highest BCUT2D eigenvalue weighted by Crippen LogP contribution is 2.41. The Labute approximate surface area is 191 Å². The molecular formula is C24H26FN5OS. The third kappa shape index (κ3) is 4.22. The van der Waals surface area contributed by atoms with Crippen molar-refractivity contribution >= 4 is 17.7 Å². The minimum atomic E-state index is -0.390. The second kappa shape index (κ2) is 9.13. The van der Waals surface area contributed by atoms with E-state index in [1.807, 2.05) is 19.1 Å². The first-order valence-corrected chi connectivity index (χ1v) is 11.9. The molecule has 8 heteroatoms. The van der Waals surface area contributed by atoms with Crippen LogP contribution in [0.2, 0.25) is 0 Å². The number of hydrogen-bond donors (Lipinski definition) is 0. The van der Waals surface area contributed by atoms with E-state index in [1.54, 1.807) is 12.1 Å². The minimum Gasteiger partial charge on any atom is -0.297 e. The zero-order valence-corrected chi connectivity index (χ0v) is 18.8. The number of carbonyl (C=O) groups excluding carboxylic acids is 1. The van der Waals surface area contributed by atoms with E-state index in [0.29, 0.717) is 17.4 Å². The first-order chi connectivity index (χ1) is 15.6. The van der Waals surface area contributed by atoms with Crippen molar-refractivity contribution in [1.82, 2.24) is 24.6 Å². The van der Waals surface area contributed by atoms with Crippen molar-refractivity contribution in [2.75, 3.05) is 26.2 Å². The molecule has 2 unspecified atom stereocenters. The van der Waals surface area contributed by atoms with Gasteiger partial charge in [0.1, 0.15) is 11.1 Å². The fraction of sp³-hybridized carbons (Fsp3) is 0.375. The molecule has 6 nitrogen and oxygen atoms in total. The smallest absolute Gasteiger partial charge is 0.264 e. The van der Waals surface area contributed by atoms with Crippen LogP contribution in [0, 0.1) is 5.82 Å². The highest BCUT2D eigenvalue weighted by Gasteiger charge is 2.43. The molecule has 0 amide bonds. The molecule has 2 aliphatic rings. The maximum absolute atomic E-state index is 14.1. The summed E-state index contributed by atoms with van der Waals surface area (Å²) in [6, 6.07) is 16.9. The van der Waals surface area contributed by atoms with Crippen LogP contribution in [0.15, 0.2) is 59.8 Å². The molecular weight excluding hydrogens is 425 g/mol. The molecule has 1 fully saturated rings. The molecule has 2 atom stereocenters. The van der Waals surface area contributed by atoms with Gasteiger partial charge in [0.15, 0.2) is 11.0 Å². The Bertz CT molecular complexity index is 1100. The van der Waals surface area contributed by atoms with Crippen molar-refractivity contribution in [3.63, 3.8) is 0 Å². The molecule has 3 aromatic rings. The van der Waals surface area contributed by atoms with Crippen LogP contribution in [0.5, 0.6) is 0 Å². The zero-order chi connectivity index (χ0) is 22.1. The van der Waals surface area contributed by atoms with Crippen molar-refractivity contribution in [1.29, 1.82) is 0 Å². The summed E-state index contributed by atoms with van der Waals surface area (Å²) in [6.45, 7) is 6.31. The predicted octanol–water partition coefficient (Wildman–Crippen LogP) is 3.65. The van der Waals surface area contributed by atoms with Crippen molar-refractivity contribution < 1.29 is 9.18 Å². The summed E-state index contributed by atoms with van der Waals surface area (Å²) in [4.78, 5) is 22.5. The summed E-state index contributed by atoms with van der Waals surface area (Å²) >= 11 is 1.45. The van der Waals surface area contributed by atoms with Crippen LogP contribution in [0.3, 0.4) is 0 Å². The molecule has 5 rings (SSSR count). The number of aryl methyl sites for hydroxylation is 1. The van der Waals surface area contributed by atoms with Gasteiger partial charge in [-0.1, -0.05) is 61.2 Å². The third-order valence-corrected chi connectivity index (χ3v) is 7.34. The van der Waals surface area contributed by atoms with Gasteiger partial charge in [0.05, 0.1) is 6.04 Å². The Morgan fingerprint density at radius 3 is 2.56 bits per heavy atom. The fourth-order valence-corrected chi connectivity index (χ4v) is 5.78. The van der Waals surface area contributed by atoms with Gasteiger partial charge in [-0.3, -0.25) is 14.6 Å². The monoisotopic (exact) mass is 451 g/mol. The summed E-state index contributed by atoms with van der Waals surface area (Å²) in [5.74, 6) is 0.323. The quantitative estimate of drug-likeness (QED) is 0.570. The van der Waals surface area contributed by atoms with Gasteiger partial charge in [0.25, 0.3) is 5.91 Å². The Morgan fingerprint density at radius 1 is 1.09 bits per heavy atom. The molecule has 1 aromatic heterocycles. The topological polar surface area (TPSA) is 54.3 Å². The highest BCUT2D eigenvalue weighted by atomic mass is 32.2. The lowest BCUT2D eigenvalue weighted by Gasteiger charge is -2.41. The Hall–Kier alpha value is -2.55. The van der Waals surface area contributed by atoms with Gasteiger partial charge in [-0.05, 0) is 23.3 Å². The summed E-state index contributed by atoms with van der Waals surface area (Å²) in [7, 11) is 0. The van der Waals surface area contributed by atoms with Crippen LogP contribution in [-0.4, -0.2) is 61.9 Å². The number of fused-ring (bicyclic) bond motifs is 1. The molecule has 0 aliphatic carbocycles. The van der Waals surface area contributed by atoms with Gasteiger partial charge in [-0.25, -0.2) is 9.37 Å². The molecule has 2 aliphatic heterocycles. The number of hydrogen-bond acceptors (Lipinski definition) is 6. The molecule has 3 heterocycles. The number of aromatic nitrogens is 3. The number of carbonyl (C=O) groups is 1. The van der Waals surface area contributed by atoms with E-state index in [9.17, 15) is 9.18 Å². The van der Waals surface area contributed by atoms with Crippen molar-refractivity contribution in [2.24, 2.45) is 0 Å². The first-order valence-electron chi connectivity index (χ1n) is 11.0. The fourth-order valence-electron chi connectivity index (χ4n) is 4.50. The molecule has 0 radical (unpaired) electrons. The standard InChI is InChI=1S/C24H26FN5OS/c1-2-20-26-24-30(27-20)23(31)22(32-24)21(18-9-6-10-19(25)15-18)29-13-11-28(12-14-29)16-17-7-4-3-5-8-17/h3-10,15,21-22H,2,11-14,16H2,1H3. The van der Waals surface area contributed by atoms with E-state index in [-0.39, 0.29) is 17.8 Å². The number of rotatable bonds is 6. The van der Waals surface area contributed by atoms with Crippen LogP contribution in [0.25, 0.3) is 0 Å². The molecule has 32 heavy (non-hydrogen) atoms. The van der Waals surface area contributed by atoms with E-state index in [1.165, 1.54) is 28.1 Å². The van der Waals surface area contributed by atoms with Crippen LogP contribution < -0.4 is 0 Å². The highest BCUT2D eigenvalue weighted by molar-refractivity contribution is 8.00. The average molecular weight is 452 g/mol. The molecule has 0 spiro atoms. The average Bonchev–Trinajstić information content (AvgIpc) is 3.35. The van der Waals surface area contributed by atoms with E-state index in [4.69, 9.17) is 0 Å². The normalized spacial score (nSPS) is 20.4. The lowest BCUT2D eigenvalue weighted by molar-refractivity contribution is 0.0714. The van der Waals surface area contributed by atoms with Gasteiger partial charge in [-0.15, -0.1) is 5.10 Å². The molecule has 166 valence electrons. The van der Waals surface area contributed by atoms with Gasteiger partial charge < -0.3 is 0 Å². The second-order valence-corrected chi connectivity index (χ2v) is 9.36. The number of piperazine rings is 1. The van der Waals surface area contributed by atoms with Crippen molar-refractivity contribution in [3.05, 3.63) is 77.4 Å². The lowest BCUT2D eigenvalue weighted by atomic mass is 9.99. The van der Waals surface area contributed by atoms with E-state index in [0.717, 1.165) is 38.3 Å². The van der Waals surface area contributed by atoms with Crippen LogP contribution >= 0.6 is 11.8 Å². The van der Waals surface area contributed by atoms with Gasteiger partial charge in [-0.2, -0.15) is 4.68 Å². The van der Waals surface area contributed by atoms with Crippen molar-refractivity contribution in [2.45, 2.75) is 36.3 Å². The molecule has 2 aromatic carbocycles. The second-order valence-electron chi connectivity index (χ2n) is 8.25. The number of halogens is 1. The number of nitrogens with zero attached hydrogens (tertiary/aromatic N) is 5. The third-order valence-electron chi connectivity index (χ3n) is 6.15. The molecule has 0 N–H and O–H groups in total. The summed E-state index contributed by atoms with van der Waals surface area (Å²) in [5, 5.41) is 4.62. The summed E-state index contributed by atoms with van der Waals surface area (Å²) in [5.41, 5.74) is 2.13. The van der Waals surface area contributed by atoms with Crippen molar-refractivity contribution in [3.8, 4) is 0 Å². The zero-order valence-electron chi connectivity index (χ0n) is 18.0. The largest absolute Gasteiger partial charge is 0.297 e. The minimum absolute atomic E-state index is 0.0711. The van der Waals surface area contributed by atoms with Gasteiger partial charge in [0.2, 0.25) is 0 Å². The Morgan fingerprint density at radius 2 is 1.88 bits per heavy atom. The van der Waals surface area contributed by atoms with E-state index in [2.05, 4.69) is 44.1 Å². The van der Waals surface area contributed by atoms with Crippen LogP contribution in [-0.2, 0) is 13.0 Å². The number of benzene rings is 2. The molecule has 0 saturated carbocycles. The molecule has 0 bridgehead atoms. The maximum atomic E-state index is 14.1. The van der Waals surface area contributed by atoms with Crippen LogP contribution in [0.4, 0.5) is 4.39 Å². The summed E-state index contributed by atoms with van der Waals surface area (Å²) < 4.78 is 15.6. The maximum Gasteiger partial charge on any atom is 0.264 e. The number of thioether (sulfide) groups is 1.